The number of fused-ring (bicyclic) bond motifs is 2. The van der Waals surface area contributed by atoms with Crippen molar-refractivity contribution in [3.8, 4) is 17.2 Å². The number of benzene rings is 2. The zero-order valence-corrected chi connectivity index (χ0v) is 24.4. The summed E-state index contributed by atoms with van der Waals surface area (Å²) in [5.41, 5.74) is -0.701. The number of hydrogen-bond acceptors (Lipinski definition) is 7. The third-order valence-corrected chi connectivity index (χ3v) is 9.67. The second-order valence-corrected chi connectivity index (χ2v) is 12.3. The van der Waals surface area contributed by atoms with Crippen LogP contribution in [0.15, 0.2) is 60.7 Å². The smallest absolute Gasteiger partial charge is 0.246 e. The lowest BCUT2D eigenvalue weighted by molar-refractivity contribution is -0.143. The number of hydrogen-bond donors (Lipinski definition) is 2. The van der Waals surface area contributed by atoms with Crippen molar-refractivity contribution in [2.24, 2.45) is 17.8 Å². The fourth-order valence-corrected chi connectivity index (χ4v) is 7.56. The van der Waals surface area contributed by atoms with Gasteiger partial charge in [-0.3, -0.25) is 14.4 Å². The lowest BCUT2D eigenvalue weighted by atomic mass is 9.74. The summed E-state index contributed by atoms with van der Waals surface area (Å²) in [5, 5.41) is 6.21. The molecule has 43 heavy (non-hydrogen) atoms. The van der Waals surface area contributed by atoms with E-state index in [1.807, 2.05) is 36.4 Å². The van der Waals surface area contributed by atoms with E-state index < -0.39 is 35.7 Å². The van der Waals surface area contributed by atoms with Crippen molar-refractivity contribution < 1.29 is 33.3 Å². The lowest BCUT2D eigenvalue weighted by Gasteiger charge is -2.37. The van der Waals surface area contributed by atoms with E-state index in [4.69, 9.17) is 18.9 Å². The Kier molecular flexibility index (Phi) is 7.04. The van der Waals surface area contributed by atoms with E-state index in [9.17, 15) is 14.4 Å². The van der Waals surface area contributed by atoms with Gasteiger partial charge in [-0.25, -0.2) is 0 Å². The molecule has 0 radical (unpaired) electrons. The Balaban J connectivity index is 1.19. The minimum Gasteiger partial charge on any atom is -0.497 e. The molecule has 8 atom stereocenters. The summed E-state index contributed by atoms with van der Waals surface area (Å²) in [6.45, 7) is 2.51. The first-order valence-corrected chi connectivity index (χ1v) is 15.2. The van der Waals surface area contributed by atoms with Crippen LogP contribution in [0, 0.1) is 17.8 Å². The Morgan fingerprint density at radius 2 is 1.88 bits per heavy atom. The predicted molar refractivity (Wildman–Crippen MR) is 157 cm³/mol. The molecule has 0 aromatic heterocycles. The van der Waals surface area contributed by atoms with Gasteiger partial charge in [-0.15, -0.1) is 0 Å². The molecule has 7 rings (SSSR count). The molecule has 2 saturated heterocycles. The Morgan fingerprint density at radius 3 is 2.70 bits per heavy atom. The summed E-state index contributed by atoms with van der Waals surface area (Å²) in [6.07, 6.45) is 6.67. The first-order chi connectivity index (χ1) is 20.9. The van der Waals surface area contributed by atoms with Gasteiger partial charge in [0.15, 0.2) is 17.6 Å². The molecule has 3 amide bonds. The van der Waals surface area contributed by atoms with Crippen LogP contribution in [-0.2, 0) is 19.1 Å². The highest BCUT2D eigenvalue weighted by Gasteiger charge is 2.73. The Bertz CT molecular complexity index is 1460. The first kappa shape index (κ1) is 27.8. The number of rotatable bonds is 7. The molecular weight excluding hydrogens is 550 g/mol. The number of nitrogens with zero attached hydrogens (tertiary/aromatic N) is 1. The van der Waals surface area contributed by atoms with Crippen molar-refractivity contribution in [3.63, 3.8) is 0 Å². The van der Waals surface area contributed by atoms with Crippen LogP contribution in [0.3, 0.4) is 0 Å². The van der Waals surface area contributed by atoms with Crippen LogP contribution in [0.1, 0.15) is 32.6 Å². The monoisotopic (exact) mass is 587 g/mol. The average molecular weight is 588 g/mol. The van der Waals surface area contributed by atoms with Gasteiger partial charge in [0.1, 0.15) is 24.0 Å². The number of nitrogens with one attached hydrogen (secondary N) is 2. The highest BCUT2D eigenvalue weighted by atomic mass is 16.6. The fraction of sp³-hybridized carbons (Fsp3) is 0.485. The predicted octanol–water partition coefficient (Wildman–Crippen LogP) is 3.32. The molecule has 6 unspecified atom stereocenters. The van der Waals surface area contributed by atoms with Gasteiger partial charge in [-0.1, -0.05) is 50.1 Å². The molecule has 1 spiro atoms. The Labute approximate surface area is 250 Å². The minimum atomic E-state index is -1.26. The first-order valence-electron chi connectivity index (χ1n) is 15.2. The van der Waals surface area contributed by atoms with Crippen LogP contribution in [0.5, 0.6) is 17.2 Å². The van der Waals surface area contributed by atoms with E-state index in [0.29, 0.717) is 28.9 Å². The fourth-order valence-electron chi connectivity index (χ4n) is 7.56. The maximum atomic E-state index is 14.4. The van der Waals surface area contributed by atoms with Crippen molar-refractivity contribution in [1.82, 2.24) is 10.2 Å². The van der Waals surface area contributed by atoms with Crippen molar-refractivity contribution in [2.75, 3.05) is 25.6 Å². The molecule has 4 aliphatic heterocycles. The summed E-state index contributed by atoms with van der Waals surface area (Å²) >= 11 is 0. The molecule has 2 aromatic rings. The molecule has 2 bridgehead atoms. The van der Waals surface area contributed by atoms with E-state index >= 15 is 0 Å². The maximum Gasteiger partial charge on any atom is 0.246 e. The number of ether oxygens (including phenoxy) is 4. The number of carbonyl (C=O) groups is 3. The van der Waals surface area contributed by atoms with Crippen LogP contribution in [-0.4, -0.2) is 72.8 Å². The quantitative estimate of drug-likeness (QED) is 0.478. The van der Waals surface area contributed by atoms with E-state index in [-0.39, 0.29) is 36.9 Å². The molecule has 5 aliphatic rings. The number of methoxy groups -OCH3 is 1. The topological polar surface area (TPSA) is 115 Å². The van der Waals surface area contributed by atoms with Crippen molar-refractivity contribution in [1.29, 1.82) is 0 Å². The molecule has 1 saturated carbocycles. The molecule has 10 heteroatoms. The van der Waals surface area contributed by atoms with Gasteiger partial charge >= 0.3 is 0 Å². The van der Waals surface area contributed by atoms with Crippen LogP contribution in [0.2, 0.25) is 0 Å². The summed E-state index contributed by atoms with van der Waals surface area (Å²) in [7, 11) is 1.56. The normalized spacial score (nSPS) is 33.7. The molecule has 3 fully saturated rings. The maximum absolute atomic E-state index is 14.4. The number of anilines is 1. The molecule has 2 aromatic carbocycles. The van der Waals surface area contributed by atoms with Crippen LogP contribution in [0.25, 0.3) is 0 Å². The van der Waals surface area contributed by atoms with Crippen LogP contribution in [0.4, 0.5) is 5.69 Å². The van der Waals surface area contributed by atoms with Gasteiger partial charge < -0.3 is 34.5 Å². The number of amides is 3. The van der Waals surface area contributed by atoms with Crippen LogP contribution >= 0.6 is 0 Å². The van der Waals surface area contributed by atoms with Gasteiger partial charge in [-0.05, 0) is 43.0 Å². The van der Waals surface area contributed by atoms with Crippen LogP contribution < -0.4 is 24.8 Å². The van der Waals surface area contributed by atoms with E-state index in [1.165, 1.54) is 0 Å². The number of likely N-dealkylation sites (tertiary alicyclic amines) is 1. The highest BCUT2D eigenvalue weighted by Crippen LogP contribution is 2.55. The van der Waals surface area contributed by atoms with Crippen molar-refractivity contribution >= 4 is 23.4 Å². The van der Waals surface area contributed by atoms with E-state index in [1.54, 1.807) is 36.3 Å². The summed E-state index contributed by atoms with van der Waals surface area (Å²) < 4.78 is 23.9. The van der Waals surface area contributed by atoms with E-state index in [0.717, 1.165) is 25.7 Å². The second kappa shape index (κ2) is 10.9. The molecule has 2 N–H and O–H groups in total. The third kappa shape index (κ3) is 4.72. The second-order valence-electron chi connectivity index (χ2n) is 12.3. The van der Waals surface area contributed by atoms with Gasteiger partial charge in [0.25, 0.3) is 0 Å². The molecular formula is C33H37N3O7. The highest BCUT2D eigenvalue weighted by molar-refractivity contribution is 6.02. The molecule has 226 valence electrons. The van der Waals surface area contributed by atoms with Crippen molar-refractivity contribution in [2.45, 2.75) is 62.5 Å². The summed E-state index contributed by atoms with van der Waals surface area (Å²) in [4.78, 5) is 43.9. The Morgan fingerprint density at radius 1 is 1.07 bits per heavy atom. The molecule has 1 aliphatic carbocycles. The van der Waals surface area contributed by atoms with E-state index in [2.05, 4.69) is 17.6 Å². The molecule has 10 nitrogen and oxygen atoms in total. The largest absolute Gasteiger partial charge is 0.497 e. The van der Waals surface area contributed by atoms with Crippen molar-refractivity contribution in [3.05, 3.63) is 60.7 Å². The molecule has 4 heterocycles. The Hall–Kier alpha value is -4.05. The van der Waals surface area contributed by atoms with Gasteiger partial charge in [0.2, 0.25) is 17.7 Å². The van der Waals surface area contributed by atoms with Gasteiger partial charge in [0, 0.05) is 17.8 Å². The minimum absolute atomic E-state index is 0.0181. The zero-order chi connectivity index (χ0) is 29.7. The number of carbonyl (C=O) groups excluding carboxylic acids is 3. The lowest BCUT2D eigenvalue weighted by Crippen LogP contribution is -2.58. The number of para-hydroxylation sites is 2. The summed E-state index contributed by atoms with van der Waals surface area (Å²) in [6, 6.07) is 13.5. The standard InChI is InChI=1S/C33H37N3O7/c1-19-8-3-4-11-23(19)35-31(38)29-33-15-14-26(43-33)27(30(37)34-20-9-7-10-21(16-20)40-2)28(33)32(39)36(29)17-22-18-41-24-12-5-6-13-25(24)42-22/h5-7,9-10,12-16,19,22-23,26-29H,3-4,8,11,17-18H2,1-2H3,(H,34,37)(H,35,38)/t19?,22?,23?,26-,27?,28-,29?,33?/m1/s1. The third-order valence-electron chi connectivity index (χ3n) is 9.67. The zero-order valence-electron chi connectivity index (χ0n) is 24.4. The SMILES string of the molecule is COc1cccc(NC(=O)C2[C@H]3C=CC4(O3)C(C(=O)NC3CCCCC3C)N(CC3COc5ccccc5O3)C(=O)[C@@H]24)c1. The summed E-state index contributed by atoms with van der Waals surface area (Å²) in [5.74, 6) is -0.382. The van der Waals surface area contributed by atoms with Gasteiger partial charge in [0.05, 0.1) is 31.6 Å². The van der Waals surface area contributed by atoms with Gasteiger partial charge in [-0.2, -0.15) is 0 Å². The average Bonchev–Trinajstić information content (AvgIpc) is 3.66.